The van der Waals surface area contributed by atoms with Crippen molar-refractivity contribution in [2.24, 2.45) is 5.92 Å². The van der Waals surface area contributed by atoms with Crippen LogP contribution in [0, 0.1) is 19.8 Å². The molecule has 4 heteroatoms. The number of anilines is 1. The van der Waals surface area contributed by atoms with Crippen molar-refractivity contribution in [2.45, 2.75) is 47.0 Å². The minimum Gasteiger partial charge on any atom is -0.294 e. The first-order chi connectivity index (χ1) is 10.8. The largest absolute Gasteiger partial charge is 0.294 e. The van der Waals surface area contributed by atoms with E-state index in [0.717, 1.165) is 23.4 Å². The maximum absolute atomic E-state index is 12.4. The SMILES string of the molecule is Cc1cc(C)nc(NC(=O)C(C)c2ccc(CC(C)C)cc2)n1. The van der Waals surface area contributed by atoms with Crippen LogP contribution in [0.2, 0.25) is 0 Å². The maximum atomic E-state index is 12.4. The molecule has 0 aliphatic carbocycles. The van der Waals surface area contributed by atoms with Crippen molar-refractivity contribution in [3.8, 4) is 0 Å². The number of aromatic nitrogens is 2. The first kappa shape index (κ1) is 17.1. The van der Waals surface area contributed by atoms with Crippen LogP contribution in [0.3, 0.4) is 0 Å². The molecule has 1 heterocycles. The number of benzene rings is 1. The van der Waals surface area contributed by atoms with Gasteiger partial charge in [0.15, 0.2) is 0 Å². The Labute approximate surface area is 138 Å². The summed E-state index contributed by atoms with van der Waals surface area (Å²) in [6, 6.07) is 10.2. The highest BCUT2D eigenvalue weighted by molar-refractivity contribution is 5.94. The number of hydrogen-bond acceptors (Lipinski definition) is 3. The molecule has 0 aliphatic rings. The Morgan fingerprint density at radius 1 is 1.04 bits per heavy atom. The summed E-state index contributed by atoms with van der Waals surface area (Å²) in [5.41, 5.74) is 3.99. The zero-order valence-corrected chi connectivity index (χ0v) is 14.6. The molecule has 1 amide bonds. The molecule has 2 rings (SSSR count). The van der Waals surface area contributed by atoms with Crippen molar-refractivity contribution < 1.29 is 4.79 Å². The number of carbonyl (C=O) groups is 1. The first-order valence-electron chi connectivity index (χ1n) is 8.07. The summed E-state index contributed by atoms with van der Waals surface area (Å²) in [5, 5.41) is 2.81. The van der Waals surface area contributed by atoms with Gasteiger partial charge in [-0.3, -0.25) is 10.1 Å². The molecule has 1 N–H and O–H groups in total. The summed E-state index contributed by atoms with van der Waals surface area (Å²) in [6.45, 7) is 10.1. The molecule has 1 aromatic heterocycles. The second-order valence-corrected chi connectivity index (χ2v) is 6.52. The molecule has 4 nitrogen and oxygen atoms in total. The smallest absolute Gasteiger partial charge is 0.233 e. The lowest BCUT2D eigenvalue weighted by Crippen LogP contribution is -2.20. The van der Waals surface area contributed by atoms with E-state index in [4.69, 9.17) is 0 Å². The monoisotopic (exact) mass is 311 g/mol. The molecule has 1 unspecified atom stereocenters. The highest BCUT2D eigenvalue weighted by Crippen LogP contribution is 2.19. The fraction of sp³-hybridized carbons (Fsp3) is 0.421. The zero-order valence-electron chi connectivity index (χ0n) is 14.6. The normalized spacial score (nSPS) is 12.3. The molecular weight excluding hydrogens is 286 g/mol. The van der Waals surface area contributed by atoms with Crippen LogP contribution in [0.1, 0.15) is 49.2 Å². The number of carbonyl (C=O) groups excluding carboxylic acids is 1. The van der Waals surface area contributed by atoms with Crippen molar-refractivity contribution in [3.63, 3.8) is 0 Å². The minimum atomic E-state index is -0.243. The standard InChI is InChI=1S/C19H25N3O/c1-12(2)10-16-6-8-17(9-7-16)15(5)18(23)22-19-20-13(3)11-14(4)21-19/h6-9,11-12,15H,10H2,1-5H3,(H,20,21,22,23). The van der Waals surface area contributed by atoms with E-state index in [1.807, 2.05) is 39.0 Å². The molecule has 0 aliphatic heterocycles. The third-order valence-corrected chi connectivity index (χ3v) is 3.73. The van der Waals surface area contributed by atoms with Crippen LogP contribution >= 0.6 is 0 Å². The Kier molecular flexibility index (Phi) is 5.48. The topological polar surface area (TPSA) is 54.9 Å². The first-order valence-corrected chi connectivity index (χ1v) is 8.07. The number of aryl methyl sites for hydroxylation is 2. The van der Waals surface area contributed by atoms with E-state index in [-0.39, 0.29) is 11.8 Å². The van der Waals surface area contributed by atoms with Gasteiger partial charge in [-0.2, -0.15) is 0 Å². The van der Waals surface area contributed by atoms with Crippen LogP contribution in [0.25, 0.3) is 0 Å². The predicted molar refractivity (Wildman–Crippen MR) is 93.5 cm³/mol. The second kappa shape index (κ2) is 7.36. The quantitative estimate of drug-likeness (QED) is 0.907. The van der Waals surface area contributed by atoms with Gasteiger partial charge in [-0.25, -0.2) is 9.97 Å². The molecule has 0 fully saturated rings. The van der Waals surface area contributed by atoms with Crippen LogP contribution < -0.4 is 5.32 Å². The van der Waals surface area contributed by atoms with Crippen LogP contribution in [0.4, 0.5) is 5.95 Å². The molecule has 0 saturated heterocycles. The Hall–Kier alpha value is -2.23. The van der Waals surface area contributed by atoms with Gasteiger partial charge < -0.3 is 0 Å². The van der Waals surface area contributed by atoms with E-state index in [1.54, 1.807) is 0 Å². The van der Waals surface area contributed by atoms with Gasteiger partial charge in [-0.15, -0.1) is 0 Å². The Morgan fingerprint density at radius 3 is 2.13 bits per heavy atom. The molecule has 1 atom stereocenters. The Balaban J connectivity index is 2.06. The maximum Gasteiger partial charge on any atom is 0.233 e. The molecule has 1 aromatic carbocycles. The third kappa shape index (κ3) is 4.88. The van der Waals surface area contributed by atoms with Crippen molar-refractivity contribution >= 4 is 11.9 Å². The molecule has 2 aromatic rings. The minimum absolute atomic E-state index is 0.0911. The fourth-order valence-corrected chi connectivity index (χ4v) is 2.57. The summed E-state index contributed by atoms with van der Waals surface area (Å²) in [6.07, 6.45) is 1.05. The highest BCUT2D eigenvalue weighted by atomic mass is 16.2. The lowest BCUT2D eigenvalue weighted by Gasteiger charge is -2.13. The predicted octanol–water partition coefficient (Wildman–Crippen LogP) is 4.03. The zero-order chi connectivity index (χ0) is 17.0. The molecule has 0 bridgehead atoms. The van der Waals surface area contributed by atoms with E-state index in [1.165, 1.54) is 5.56 Å². The number of nitrogens with one attached hydrogen (secondary N) is 1. The van der Waals surface area contributed by atoms with Gasteiger partial charge in [0.2, 0.25) is 11.9 Å². The van der Waals surface area contributed by atoms with Crippen molar-refractivity contribution in [2.75, 3.05) is 5.32 Å². The molecule has 0 saturated carbocycles. The fourth-order valence-electron chi connectivity index (χ4n) is 2.57. The van der Waals surface area contributed by atoms with Crippen LogP contribution in [0.5, 0.6) is 0 Å². The molecular formula is C19H25N3O. The van der Waals surface area contributed by atoms with Crippen LogP contribution in [0.15, 0.2) is 30.3 Å². The van der Waals surface area contributed by atoms with Gasteiger partial charge >= 0.3 is 0 Å². The summed E-state index contributed by atoms with van der Waals surface area (Å²) in [5.74, 6) is 0.665. The number of amides is 1. The summed E-state index contributed by atoms with van der Waals surface area (Å²) < 4.78 is 0. The molecule has 0 radical (unpaired) electrons. The van der Waals surface area contributed by atoms with Gasteiger partial charge in [0.05, 0.1) is 5.92 Å². The van der Waals surface area contributed by atoms with Crippen LogP contribution in [-0.4, -0.2) is 15.9 Å². The summed E-state index contributed by atoms with van der Waals surface area (Å²) in [7, 11) is 0. The highest BCUT2D eigenvalue weighted by Gasteiger charge is 2.16. The van der Waals surface area contributed by atoms with E-state index in [9.17, 15) is 4.79 Å². The third-order valence-electron chi connectivity index (χ3n) is 3.73. The van der Waals surface area contributed by atoms with E-state index in [2.05, 4.69) is 41.3 Å². The van der Waals surface area contributed by atoms with Gasteiger partial charge in [0, 0.05) is 11.4 Å². The Bertz CT molecular complexity index is 657. The van der Waals surface area contributed by atoms with E-state index in [0.29, 0.717) is 11.9 Å². The van der Waals surface area contributed by atoms with Gasteiger partial charge in [-0.1, -0.05) is 38.1 Å². The summed E-state index contributed by atoms with van der Waals surface area (Å²) in [4.78, 5) is 20.9. The molecule has 23 heavy (non-hydrogen) atoms. The number of hydrogen-bond donors (Lipinski definition) is 1. The van der Waals surface area contributed by atoms with E-state index < -0.39 is 0 Å². The number of rotatable bonds is 5. The van der Waals surface area contributed by atoms with Gasteiger partial charge in [-0.05, 0) is 50.3 Å². The number of nitrogens with zero attached hydrogens (tertiary/aromatic N) is 2. The average Bonchev–Trinajstić information content (AvgIpc) is 2.45. The Morgan fingerprint density at radius 2 is 1.61 bits per heavy atom. The lowest BCUT2D eigenvalue weighted by molar-refractivity contribution is -0.117. The van der Waals surface area contributed by atoms with Gasteiger partial charge in [0.25, 0.3) is 0 Å². The van der Waals surface area contributed by atoms with Crippen molar-refractivity contribution in [1.29, 1.82) is 0 Å². The van der Waals surface area contributed by atoms with Crippen molar-refractivity contribution in [3.05, 3.63) is 52.8 Å². The van der Waals surface area contributed by atoms with Crippen LogP contribution in [-0.2, 0) is 11.2 Å². The van der Waals surface area contributed by atoms with Gasteiger partial charge in [0.1, 0.15) is 0 Å². The molecule has 0 spiro atoms. The molecule has 122 valence electrons. The van der Waals surface area contributed by atoms with Crippen molar-refractivity contribution in [1.82, 2.24) is 9.97 Å². The lowest BCUT2D eigenvalue weighted by atomic mass is 9.96. The second-order valence-electron chi connectivity index (χ2n) is 6.52. The van der Waals surface area contributed by atoms with E-state index >= 15 is 0 Å². The average molecular weight is 311 g/mol. The summed E-state index contributed by atoms with van der Waals surface area (Å²) >= 11 is 0.